The van der Waals surface area contributed by atoms with Crippen LogP contribution < -0.4 is 16.0 Å². The summed E-state index contributed by atoms with van der Waals surface area (Å²) in [5.74, 6) is -3.33. The number of imide groups is 1. The van der Waals surface area contributed by atoms with Gasteiger partial charge in [-0.2, -0.15) is 5.10 Å². The average molecular weight is 1130 g/mol. The second kappa shape index (κ2) is 34.2. The molecular weight excluding hydrogens is 1050 g/mol. The van der Waals surface area contributed by atoms with E-state index in [9.17, 15) is 33.6 Å². The summed E-state index contributed by atoms with van der Waals surface area (Å²) in [5.41, 5.74) is 6.00. The van der Waals surface area contributed by atoms with Gasteiger partial charge in [0.05, 0.1) is 96.4 Å². The zero-order chi connectivity index (χ0) is 57.7. The highest BCUT2D eigenvalue weighted by Crippen LogP contribution is 2.34. The fourth-order valence-electron chi connectivity index (χ4n) is 9.66. The van der Waals surface area contributed by atoms with E-state index in [1.807, 2.05) is 60.7 Å². The van der Waals surface area contributed by atoms with E-state index in [0.717, 1.165) is 68.8 Å². The summed E-state index contributed by atoms with van der Waals surface area (Å²) in [4.78, 5) is 102. The van der Waals surface area contributed by atoms with Gasteiger partial charge in [0, 0.05) is 107 Å². The molecule has 2 aromatic carbocycles. The number of nitrogens with zero attached hydrogens (tertiary/aromatic N) is 6. The number of methoxy groups -OCH3 is 1. The van der Waals surface area contributed by atoms with Gasteiger partial charge in [0.25, 0.3) is 17.7 Å². The second-order valence-corrected chi connectivity index (χ2v) is 20.1. The van der Waals surface area contributed by atoms with Crippen molar-refractivity contribution in [3.63, 3.8) is 0 Å². The Morgan fingerprint density at radius 3 is 2.05 bits per heavy atom. The van der Waals surface area contributed by atoms with E-state index in [1.165, 1.54) is 0 Å². The quantitative estimate of drug-likeness (QED) is 0.0371. The number of hydrogen-bond acceptors (Lipinski definition) is 16. The third-order valence-electron chi connectivity index (χ3n) is 14.1. The third kappa shape index (κ3) is 20.0. The number of unbranched alkanes of at least 4 members (excludes halogenated alkanes) is 4. The Bertz CT molecular complexity index is 2760. The molecule has 0 fully saturated rings. The molecule has 1 unspecified atom stereocenters. The van der Waals surface area contributed by atoms with Gasteiger partial charge in [-0.05, 0) is 78.3 Å². The number of hydrogen-bond donors (Lipinski definition) is 3. The minimum absolute atomic E-state index is 0.104. The number of anilines is 1. The Morgan fingerprint density at radius 2 is 1.34 bits per heavy atom. The van der Waals surface area contributed by atoms with E-state index in [4.69, 9.17) is 33.5 Å². The number of pyridine rings is 2. The first kappa shape index (κ1) is 62.3. The van der Waals surface area contributed by atoms with Crippen LogP contribution in [0.3, 0.4) is 0 Å². The van der Waals surface area contributed by atoms with Gasteiger partial charge in [-0.1, -0.05) is 49.6 Å². The lowest BCUT2D eigenvalue weighted by Gasteiger charge is -2.30. The minimum Gasteiger partial charge on any atom is -0.382 e. The molecule has 5 heterocycles. The predicted molar refractivity (Wildman–Crippen MR) is 304 cm³/mol. The Kier molecular flexibility index (Phi) is 26.0. The van der Waals surface area contributed by atoms with Gasteiger partial charge in [-0.3, -0.25) is 43.6 Å². The van der Waals surface area contributed by atoms with Crippen LogP contribution in [0, 0.1) is 5.92 Å². The van der Waals surface area contributed by atoms with Crippen LogP contribution in [0.4, 0.5) is 10.5 Å². The summed E-state index contributed by atoms with van der Waals surface area (Å²) < 4.78 is 32.2. The van der Waals surface area contributed by atoms with Gasteiger partial charge in [-0.25, -0.2) is 9.80 Å². The number of aromatic nitrogens is 2. The Hall–Kier alpha value is -7.34. The molecule has 0 bridgehead atoms. The number of urea groups is 1. The predicted octanol–water partition coefficient (Wildman–Crippen LogP) is 5.48. The van der Waals surface area contributed by atoms with Crippen molar-refractivity contribution in [2.24, 2.45) is 11.0 Å². The monoisotopic (exact) mass is 1130 g/mol. The second-order valence-electron chi connectivity index (χ2n) is 20.1. The standard InChI is InChI=1S/C60H77N9O13/c1-77-28-29-79-32-33-81-36-37-82-35-34-80-31-30-78-27-21-55(71)63-22-6-4-10-45(38-49(70)43-68-56(72)18-19-57(68)73)58(74)64-23-5-2-3-7-26-69-59(75)52(50-11-8-13-53-51(50)12-9-24-62-53)39-54(66-69)44-14-16-48(17-15-44)65-60(76)67-41-46-20-25-61-40-47(46)42-67/h8-9,11-20,24-25,40,45,52H,2-7,10,21-23,26-39,41-43H2,1H3,(H,63,71)(H,64,74)(H,65,76)/t45-,52?/m1/s1. The Labute approximate surface area is 478 Å². The Morgan fingerprint density at radius 1 is 0.683 bits per heavy atom. The number of ether oxygens (including phenoxy) is 6. The van der Waals surface area contributed by atoms with E-state index < -0.39 is 36.0 Å². The SMILES string of the molecule is COCCOCCOCCOCCOCCOCCC(=O)NCCCC[C@H](CC(=O)CN1C(=O)C=CC1=O)C(=O)NCCCCCCN1N=C(c2ccc(NC(=O)N3Cc4ccncc4C3)cc2)CC(c2cccc3ncccc23)C1=O. The number of fused-ring (bicyclic) bond motifs is 2. The Balaban J connectivity index is 0.816. The molecule has 4 aromatic rings. The van der Waals surface area contributed by atoms with Gasteiger partial charge in [0.2, 0.25) is 11.8 Å². The van der Waals surface area contributed by atoms with E-state index >= 15 is 0 Å². The number of benzene rings is 2. The number of nitrogens with one attached hydrogen (secondary N) is 3. The first-order valence-corrected chi connectivity index (χ1v) is 28.4. The summed E-state index contributed by atoms with van der Waals surface area (Å²) in [7, 11) is 1.62. The molecule has 0 saturated carbocycles. The summed E-state index contributed by atoms with van der Waals surface area (Å²) in [6.07, 6.45) is 12.2. The number of carbonyl (C=O) groups excluding carboxylic acids is 7. The van der Waals surface area contributed by atoms with Crippen molar-refractivity contribution in [3.8, 4) is 0 Å². The molecule has 3 N–H and O–H groups in total. The zero-order valence-corrected chi connectivity index (χ0v) is 46.9. The number of rotatable bonds is 38. The first-order chi connectivity index (χ1) is 40.1. The summed E-state index contributed by atoms with van der Waals surface area (Å²) in [6, 6.07) is 18.9. The number of hydrazone groups is 1. The number of amides is 7. The van der Waals surface area contributed by atoms with Crippen LogP contribution in [0.2, 0.25) is 0 Å². The third-order valence-corrected chi connectivity index (χ3v) is 14.1. The molecule has 3 aliphatic heterocycles. The van der Waals surface area contributed by atoms with E-state index in [2.05, 4.69) is 25.9 Å². The molecule has 3 aliphatic rings. The fraction of sp³-hybridized carbons (Fsp3) is 0.500. The summed E-state index contributed by atoms with van der Waals surface area (Å²) in [6.45, 7) is 6.46. The highest BCUT2D eigenvalue weighted by molar-refractivity contribution is 6.14. The number of carbonyl (C=O) groups is 7. The maximum absolute atomic E-state index is 14.3. The number of ketones is 1. The minimum atomic E-state index is -0.703. The van der Waals surface area contributed by atoms with Gasteiger partial charge in [-0.15, -0.1) is 0 Å². The molecule has 0 saturated heterocycles. The van der Waals surface area contributed by atoms with Crippen molar-refractivity contribution < 1.29 is 62.0 Å². The van der Waals surface area contributed by atoms with Crippen LogP contribution in [0.15, 0.2) is 96.5 Å². The van der Waals surface area contributed by atoms with Crippen molar-refractivity contribution in [2.75, 3.05) is 111 Å². The smallest absolute Gasteiger partial charge is 0.322 e. The van der Waals surface area contributed by atoms with E-state index in [0.29, 0.717) is 143 Å². The van der Waals surface area contributed by atoms with Crippen LogP contribution in [0.25, 0.3) is 10.9 Å². The molecule has 440 valence electrons. The molecule has 0 spiro atoms. The summed E-state index contributed by atoms with van der Waals surface area (Å²) in [5, 5.41) is 16.2. The van der Waals surface area contributed by atoms with Crippen LogP contribution in [-0.2, 0) is 70.3 Å². The van der Waals surface area contributed by atoms with Crippen molar-refractivity contribution in [3.05, 3.63) is 114 Å². The molecule has 22 heteroatoms. The maximum Gasteiger partial charge on any atom is 0.322 e. The molecule has 0 aliphatic carbocycles. The molecule has 7 amide bonds. The van der Waals surface area contributed by atoms with Crippen molar-refractivity contribution >= 4 is 63.7 Å². The van der Waals surface area contributed by atoms with Crippen LogP contribution in [-0.4, -0.2) is 178 Å². The first-order valence-electron chi connectivity index (χ1n) is 28.4. The lowest BCUT2D eigenvalue weighted by atomic mass is 9.86. The molecule has 82 heavy (non-hydrogen) atoms. The maximum atomic E-state index is 14.3. The van der Waals surface area contributed by atoms with E-state index in [-0.39, 0.29) is 43.2 Å². The van der Waals surface area contributed by atoms with Gasteiger partial charge < -0.3 is 49.3 Å². The topological polar surface area (TPSA) is 259 Å². The lowest BCUT2D eigenvalue weighted by Crippen LogP contribution is -2.38. The molecule has 2 atom stereocenters. The highest BCUT2D eigenvalue weighted by atomic mass is 16.6. The van der Waals surface area contributed by atoms with Gasteiger partial charge >= 0.3 is 6.03 Å². The van der Waals surface area contributed by atoms with Crippen LogP contribution >= 0.6 is 0 Å². The normalized spacial score (nSPS) is 15.3. The van der Waals surface area contributed by atoms with Crippen LogP contribution in [0.5, 0.6) is 0 Å². The van der Waals surface area contributed by atoms with Crippen LogP contribution in [0.1, 0.15) is 92.4 Å². The molecule has 2 aromatic heterocycles. The lowest BCUT2D eigenvalue weighted by molar-refractivity contribution is -0.141. The van der Waals surface area contributed by atoms with Crippen molar-refractivity contribution in [1.29, 1.82) is 0 Å². The molecular formula is C60H77N9O13. The van der Waals surface area contributed by atoms with Gasteiger partial charge in [0.1, 0.15) is 0 Å². The molecule has 7 rings (SSSR count). The van der Waals surface area contributed by atoms with E-state index in [1.54, 1.807) is 35.6 Å². The fourth-order valence-corrected chi connectivity index (χ4v) is 9.66. The van der Waals surface area contributed by atoms with Crippen molar-refractivity contribution in [2.45, 2.75) is 83.2 Å². The summed E-state index contributed by atoms with van der Waals surface area (Å²) >= 11 is 0. The average Bonchev–Trinajstić information content (AvgIpc) is 3.99. The zero-order valence-electron chi connectivity index (χ0n) is 46.9. The highest BCUT2D eigenvalue weighted by Gasteiger charge is 2.34. The molecule has 0 radical (unpaired) electrons. The van der Waals surface area contributed by atoms with Crippen molar-refractivity contribution in [1.82, 2.24) is 35.4 Å². The largest absolute Gasteiger partial charge is 0.382 e. The van der Waals surface area contributed by atoms with Gasteiger partial charge in [0.15, 0.2) is 5.78 Å². The number of Topliss-reactive ketones (excluding diaryl/α,β-unsaturated/α-hetero) is 1. The molecule has 22 nitrogen and oxygen atoms in total.